The van der Waals surface area contributed by atoms with E-state index in [0.717, 1.165) is 13.0 Å². The average Bonchev–Trinajstić information content (AvgIpc) is 2.00. The molecule has 3 atom stereocenters. The van der Waals surface area contributed by atoms with Crippen molar-refractivity contribution in [3.63, 3.8) is 0 Å². The summed E-state index contributed by atoms with van der Waals surface area (Å²) in [7, 11) is 0. The van der Waals surface area contributed by atoms with E-state index in [1.807, 2.05) is 0 Å². The number of nitrogens with one attached hydrogen (secondary N) is 1. The Kier molecular flexibility index (Phi) is 3.26. The molecule has 0 saturated carbocycles. The molecule has 1 rings (SSSR count). The summed E-state index contributed by atoms with van der Waals surface area (Å²) >= 11 is 0. The summed E-state index contributed by atoms with van der Waals surface area (Å²) < 4.78 is 0. The Morgan fingerprint density at radius 3 is 2.55 bits per heavy atom. The predicted octanol–water partition coefficient (Wildman–Crippen LogP) is -1.55. The molecule has 11 heavy (non-hydrogen) atoms. The zero-order valence-corrected chi connectivity index (χ0v) is 6.40. The minimum absolute atomic E-state index is 0.359. The molecule has 0 aromatic carbocycles. The van der Waals surface area contributed by atoms with Crippen molar-refractivity contribution in [1.29, 1.82) is 0 Å². The largest absolute Gasteiger partial charge is 0.390 e. The molecule has 1 heterocycles. The van der Waals surface area contributed by atoms with Gasteiger partial charge in [-0.05, 0) is 19.4 Å². The second kappa shape index (κ2) is 4.01. The molecule has 4 heteroatoms. The Balaban J connectivity index is 2.42. The predicted molar refractivity (Wildman–Crippen MR) is 40.1 cm³/mol. The van der Waals surface area contributed by atoms with E-state index < -0.39 is 18.3 Å². The monoisotopic (exact) mass is 161 g/mol. The van der Waals surface area contributed by atoms with Crippen molar-refractivity contribution in [3.05, 3.63) is 0 Å². The van der Waals surface area contributed by atoms with Crippen LogP contribution in [-0.2, 0) is 0 Å². The Morgan fingerprint density at radius 1 is 1.09 bits per heavy atom. The topological polar surface area (TPSA) is 72.7 Å². The molecule has 4 N–H and O–H groups in total. The molecule has 1 aliphatic rings. The van der Waals surface area contributed by atoms with E-state index >= 15 is 0 Å². The van der Waals surface area contributed by atoms with E-state index in [1.165, 1.54) is 0 Å². The Hall–Kier alpha value is -0.160. The van der Waals surface area contributed by atoms with Crippen LogP contribution < -0.4 is 5.32 Å². The third kappa shape index (κ3) is 2.41. The normalized spacial score (nSPS) is 41.2. The molecule has 0 aromatic rings. The molecule has 0 aromatic heterocycles. The lowest BCUT2D eigenvalue weighted by Crippen LogP contribution is -2.45. The molecule has 1 aliphatic heterocycles. The van der Waals surface area contributed by atoms with Gasteiger partial charge < -0.3 is 20.6 Å². The quantitative estimate of drug-likeness (QED) is 0.347. The lowest BCUT2D eigenvalue weighted by Gasteiger charge is -2.25. The molecule has 0 amide bonds. The molecule has 0 bridgehead atoms. The van der Waals surface area contributed by atoms with Crippen LogP contribution in [0.15, 0.2) is 0 Å². The maximum absolute atomic E-state index is 9.22. The second-order valence-electron chi connectivity index (χ2n) is 2.97. The average molecular weight is 161 g/mol. The first kappa shape index (κ1) is 8.93. The number of β-amino-alcohol motifs (C(OH)–C–C–N with tert-alkyl or cyclic N) is 1. The van der Waals surface area contributed by atoms with Crippen molar-refractivity contribution in [2.24, 2.45) is 0 Å². The molecule has 66 valence electrons. The van der Waals surface area contributed by atoms with Crippen molar-refractivity contribution in [2.75, 3.05) is 13.1 Å². The van der Waals surface area contributed by atoms with Crippen LogP contribution in [0, 0.1) is 0 Å². The van der Waals surface area contributed by atoms with Crippen molar-refractivity contribution in [2.45, 2.75) is 31.2 Å². The third-order valence-electron chi connectivity index (χ3n) is 2.00. The maximum Gasteiger partial charge on any atom is 0.107 e. The Morgan fingerprint density at radius 2 is 1.82 bits per heavy atom. The fourth-order valence-electron chi connectivity index (χ4n) is 1.23. The highest BCUT2D eigenvalue weighted by atomic mass is 16.4. The zero-order valence-electron chi connectivity index (χ0n) is 6.40. The summed E-state index contributed by atoms with van der Waals surface area (Å²) in [5.74, 6) is 0. The van der Waals surface area contributed by atoms with Crippen LogP contribution >= 0.6 is 0 Å². The standard InChI is InChI=1S/C7H15NO3/c9-5-2-1-3-8-4-6(10)7(5)11/h5-11H,1-4H2/t5-,6+,7+/m1/s1. The van der Waals surface area contributed by atoms with Gasteiger partial charge in [0, 0.05) is 6.54 Å². The second-order valence-corrected chi connectivity index (χ2v) is 2.97. The molecule has 0 spiro atoms. The first-order valence-electron chi connectivity index (χ1n) is 3.96. The molecule has 1 fully saturated rings. The number of hydrogen-bond acceptors (Lipinski definition) is 4. The number of rotatable bonds is 0. The van der Waals surface area contributed by atoms with Crippen LogP contribution in [0.5, 0.6) is 0 Å². The minimum Gasteiger partial charge on any atom is -0.390 e. The first-order valence-corrected chi connectivity index (χ1v) is 3.96. The molecule has 0 radical (unpaired) electrons. The van der Waals surface area contributed by atoms with E-state index in [1.54, 1.807) is 0 Å². The summed E-state index contributed by atoms with van der Waals surface area (Å²) in [5, 5.41) is 30.6. The molecule has 0 unspecified atom stereocenters. The maximum atomic E-state index is 9.22. The SMILES string of the molecule is O[C@H]1[C@H](O)CCCNC[C@@H]1O. The van der Waals surface area contributed by atoms with Gasteiger partial charge in [-0.1, -0.05) is 0 Å². The fourth-order valence-corrected chi connectivity index (χ4v) is 1.23. The number of hydrogen-bond donors (Lipinski definition) is 4. The lowest BCUT2D eigenvalue weighted by atomic mass is 10.0. The van der Waals surface area contributed by atoms with Crippen LogP contribution in [0.2, 0.25) is 0 Å². The number of aliphatic hydroxyl groups excluding tert-OH is 3. The van der Waals surface area contributed by atoms with Crippen molar-refractivity contribution >= 4 is 0 Å². The zero-order chi connectivity index (χ0) is 8.27. The van der Waals surface area contributed by atoms with Crippen LogP contribution in [0.4, 0.5) is 0 Å². The van der Waals surface area contributed by atoms with Gasteiger partial charge in [-0.25, -0.2) is 0 Å². The van der Waals surface area contributed by atoms with Crippen LogP contribution in [0.25, 0.3) is 0 Å². The molecule has 4 nitrogen and oxygen atoms in total. The van der Waals surface area contributed by atoms with E-state index in [2.05, 4.69) is 5.32 Å². The van der Waals surface area contributed by atoms with Gasteiger partial charge in [-0.15, -0.1) is 0 Å². The minimum atomic E-state index is -0.997. The summed E-state index contributed by atoms with van der Waals surface area (Å²) in [6.07, 6.45) is -1.23. The van der Waals surface area contributed by atoms with Gasteiger partial charge in [0.1, 0.15) is 6.10 Å². The molecular formula is C7H15NO3. The van der Waals surface area contributed by atoms with Gasteiger partial charge in [0.05, 0.1) is 12.2 Å². The van der Waals surface area contributed by atoms with E-state index in [9.17, 15) is 15.3 Å². The van der Waals surface area contributed by atoms with Gasteiger partial charge in [0.2, 0.25) is 0 Å². The summed E-state index contributed by atoms with van der Waals surface area (Å²) in [6.45, 7) is 1.15. The fraction of sp³-hybridized carbons (Fsp3) is 1.00. The third-order valence-corrected chi connectivity index (χ3v) is 2.00. The van der Waals surface area contributed by atoms with Crippen molar-refractivity contribution < 1.29 is 15.3 Å². The summed E-state index contributed by atoms with van der Waals surface area (Å²) in [6, 6.07) is 0. The van der Waals surface area contributed by atoms with E-state index in [0.29, 0.717) is 13.0 Å². The van der Waals surface area contributed by atoms with Gasteiger partial charge in [0.25, 0.3) is 0 Å². The highest BCUT2D eigenvalue weighted by Crippen LogP contribution is 2.08. The molecule has 0 aliphatic carbocycles. The lowest BCUT2D eigenvalue weighted by molar-refractivity contribution is -0.0650. The summed E-state index contributed by atoms with van der Waals surface area (Å²) in [4.78, 5) is 0. The Bertz CT molecular complexity index is 108. The first-order chi connectivity index (χ1) is 5.22. The van der Waals surface area contributed by atoms with Crippen LogP contribution in [-0.4, -0.2) is 46.7 Å². The summed E-state index contributed by atoms with van der Waals surface area (Å²) in [5.41, 5.74) is 0. The smallest absolute Gasteiger partial charge is 0.107 e. The highest BCUT2D eigenvalue weighted by molar-refractivity contribution is 4.79. The van der Waals surface area contributed by atoms with Crippen molar-refractivity contribution in [1.82, 2.24) is 5.32 Å². The van der Waals surface area contributed by atoms with Gasteiger partial charge in [0.15, 0.2) is 0 Å². The van der Waals surface area contributed by atoms with Gasteiger partial charge >= 0.3 is 0 Å². The van der Waals surface area contributed by atoms with Crippen LogP contribution in [0.3, 0.4) is 0 Å². The van der Waals surface area contributed by atoms with Crippen LogP contribution in [0.1, 0.15) is 12.8 Å². The molecule has 1 saturated heterocycles. The molecular weight excluding hydrogens is 146 g/mol. The van der Waals surface area contributed by atoms with E-state index in [4.69, 9.17) is 0 Å². The van der Waals surface area contributed by atoms with E-state index in [-0.39, 0.29) is 0 Å². The Labute approximate surface area is 65.9 Å². The van der Waals surface area contributed by atoms with Gasteiger partial charge in [-0.3, -0.25) is 0 Å². The highest BCUT2D eigenvalue weighted by Gasteiger charge is 2.25. The van der Waals surface area contributed by atoms with Gasteiger partial charge in [-0.2, -0.15) is 0 Å². The number of aliphatic hydroxyl groups is 3. The van der Waals surface area contributed by atoms with Crippen molar-refractivity contribution in [3.8, 4) is 0 Å².